The van der Waals surface area contributed by atoms with Crippen molar-refractivity contribution in [1.29, 1.82) is 0 Å². The number of thiocarbonyl (C=S) groups is 1. The van der Waals surface area contributed by atoms with Crippen LogP contribution in [0.2, 0.25) is 0 Å². The summed E-state index contributed by atoms with van der Waals surface area (Å²) in [4.78, 5) is 6.61. The number of hydrogen-bond donors (Lipinski definition) is 2. The molecule has 0 fully saturated rings. The number of aromatic nitrogens is 1. The SMILES string of the molecule is Cc1ccc(Nc2ccc(C(N)=S)nc2)cc1N(C)C. The van der Waals surface area contributed by atoms with Gasteiger partial charge in [0.25, 0.3) is 0 Å². The largest absolute Gasteiger partial charge is 0.388 e. The van der Waals surface area contributed by atoms with Gasteiger partial charge in [0.05, 0.1) is 17.6 Å². The summed E-state index contributed by atoms with van der Waals surface area (Å²) in [6.07, 6.45) is 1.73. The Bertz CT molecular complexity index is 620. The molecular weight excluding hydrogens is 268 g/mol. The summed E-state index contributed by atoms with van der Waals surface area (Å²) in [6.45, 7) is 2.09. The lowest BCUT2D eigenvalue weighted by Crippen LogP contribution is -2.11. The van der Waals surface area contributed by atoms with E-state index in [4.69, 9.17) is 18.0 Å². The maximum absolute atomic E-state index is 5.53. The highest BCUT2D eigenvalue weighted by molar-refractivity contribution is 7.80. The van der Waals surface area contributed by atoms with Crippen molar-refractivity contribution in [2.45, 2.75) is 6.92 Å². The second-order valence-electron chi connectivity index (χ2n) is 4.82. The first-order chi connectivity index (χ1) is 9.47. The summed E-state index contributed by atoms with van der Waals surface area (Å²) in [5.74, 6) is 0. The zero-order valence-corrected chi connectivity index (χ0v) is 12.7. The van der Waals surface area contributed by atoms with Crippen molar-refractivity contribution in [3.8, 4) is 0 Å². The molecule has 0 spiro atoms. The van der Waals surface area contributed by atoms with Crippen LogP contribution in [0.15, 0.2) is 36.5 Å². The quantitative estimate of drug-likeness (QED) is 0.847. The van der Waals surface area contributed by atoms with Crippen molar-refractivity contribution in [2.24, 2.45) is 5.73 Å². The standard InChI is InChI=1S/C15H18N4S/c1-10-4-5-11(8-14(10)19(2)3)18-12-6-7-13(15(16)20)17-9-12/h4-9,18H,1-3H3,(H2,16,20). The molecule has 1 heterocycles. The molecule has 5 heteroatoms. The number of anilines is 3. The molecule has 0 saturated heterocycles. The van der Waals surface area contributed by atoms with Crippen LogP contribution in [0.25, 0.3) is 0 Å². The zero-order chi connectivity index (χ0) is 14.7. The van der Waals surface area contributed by atoms with Gasteiger partial charge in [-0.1, -0.05) is 18.3 Å². The van der Waals surface area contributed by atoms with Crippen LogP contribution in [-0.4, -0.2) is 24.1 Å². The molecule has 1 aromatic heterocycles. The average molecular weight is 286 g/mol. The monoisotopic (exact) mass is 286 g/mol. The molecule has 1 aromatic carbocycles. The van der Waals surface area contributed by atoms with E-state index in [9.17, 15) is 0 Å². The predicted octanol–water partition coefficient (Wildman–Crippen LogP) is 2.83. The second-order valence-corrected chi connectivity index (χ2v) is 5.26. The van der Waals surface area contributed by atoms with Gasteiger partial charge in [0.2, 0.25) is 0 Å². The molecule has 0 bridgehead atoms. The van der Waals surface area contributed by atoms with Crippen LogP contribution in [-0.2, 0) is 0 Å². The van der Waals surface area contributed by atoms with E-state index in [-0.39, 0.29) is 0 Å². The van der Waals surface area contributed by atoms with Gasteiger partial charge in [-0.3, -0.25) is 4.98 Å². The number of nitrogens with one attached hydrogen (secondary N) is 1. The third-order valence-electron chi connectivity index (χ3n) is 3.00. The molecule has 0 aliphatic rings. The lowest BCUT2D eigenvalue weighted by molar-refractivity contribution is 1.11. The van der Waals surface area contributed by atoms with Crippen molar-refractivity contribution >= 4 is 34.3 Å². The first kappa shape index (κ1) is 14.3. The van der Waals surface area contributed by atoms with Crippen molar-refractivity contribution < 1.29 is 0 Å². The number of nitrogens with zero attached hydrogens (tertiary/aromatic N) is 2. The van der Waals surface area contributed by atoms with Crippen LogP contribution >= 0.6 is 12.2 Å². The van der Waals surface area contributed by atoms with E-state index < -0.39 is 0 Å². The van der Waals surface area contributed by atoms with Gasteiger partial charge in [0.15, 0.2) is 0 Å². The lowest BCUT2D eigenvalue weighted by atomic mass is 10.1. The van der Waals surface area contributed by atoms with Crippen LogP contribution in [0.5, 0.6) is 0 Å². The molecule has 4 nitrogen and oxygen atoms in total. The van der Waals surface area contributed by atoms with Crippen molar-refractivity contribution in [3.63, 3.8) is 0 Å². The lowest BCUT2D eigenvalue weighted by Gasteiger charge is -2.17. The average Bonchev–Trinajstić information content (AvgIpc) is 2.41. The first-order valence-corrected chi connectivity index (χ1v) is 6.69. The first-order valence-electron chi connectivity index (χ1n) is 6.28. The van der Waals surface area contributed by atoms with E-state index in [1.165, 1.54) is 11.3 Å². The summed E-state index contributed by atoms with van der Waals surface area (Å²) in [6, 6.07) is 9.97. The number of benzene rings is 1. The smallest absolute Gasteiger partial charge is 0.122 e. The Morgan fingerprint density at radius 2 is 1.90 bits per heavy atom. The topological polar surface area (TPSA) is 54.2 Å². The van der Waals surface area contributed by atoms with Crippen LogP contribution in [0.4, 0.5) is 17.1 Å². The Kier molecular flexibility index (Phi) is 4.20. The molecule has 0 saturated carbocycles. The highest BCUT2D eigenvalue weighted by Crippen LogP contribution is 2.24. The molecule has 0 amide bonds. The summed E-state index contributed by atoms with van der Waals surface area (Å²) in [5.41, 5.74) is 10.5. The third kappa shape index (κ3) is 3.24. The fourth-order valence-corrected chi connectivity index (χ4v) is 2.07. The van der Waals surface area contributed by atoms with Crippen LogP contribution in [0, 0.1) is 6.92 Å². The van der Waals surface area contributed by atoms with Gasteiger partial charge in [-0.2, -0.15) is 0 Å². The minimum atomic E-state index is 0.307. The van der Waals surface area contributed by atoms with E-state index in [1.54, 1.807) is 6.20 Å². The van der Waals surface area contributed by atoms with Crippen LogP contribution in [0.1, 0.15) is 11.3 Å². The fourth-order valence-electron chi connectivity index (χ4n) is 1.95. The van der Waals surface area contributed by atoms with Crippen LogP contribution < -0.4 is 16.0 Å². The third-order valence-corrected chi connectivity index (χ3v) is 3.20. The Morgan fingerprint density at radius 1 is 1.20 bits per heavy atom. The molecular formula is C15H18N4S. The molecule has 20 heavy (non-hydrogen) atoms. The van der Waals surface area contributed by atoms with E-state index in [2.05, 4.69) is 34.3 Å². The van der Waals surface area contributed by atoms with E-state index in [0.29, 0.717) is 10.7 Å². The fraction of sp³-hybridized carbons (Fsp3) is 0.200. The van der Waals surface area contributed by atoms with Crippen LogP contribution in [0.3, 0.4) is 0 Å². The van der Waals surface area contributed by atoms with Gasteiger partial charge >= 0.3 is 0 Å². The Labute approximate surface area is 124 Å². The maximum Gasteiger partial charge on any atom is 0.122 e. The Morgan fingerprint density at radius 3 is 2.45 bits per heavy atom. The normalized spacial score (nSPS) is 10.2. The second kappa shape index (κ2) is 5.88. The van der Waals surface area contributed by atoms with Gasteiger partial charge in [-0.15, -0.1) is 0 Å². The molecule has 0 unspecified atom stereocenters. The molecule has 0 aliphatic carbocycles. The summed E-state index contributed by atoms with van der Waals surface area (Å²) in [5, 5.41) is 3.32. The van der Waals surface area contributed by atoms with Crippen molar-refractivity contribution in [1.82, 2.24) is 4.98 Å². The minimum absolute atomic E-state index is 0.307. The van der Waals surface area contributed by atoms with Crippen molar-refractivity contribution in [3.05, 3.63) is 47.8 Å². The zero-order valence-electron chi connectivity index (χ0n) is 11.8. The molecule has 2 rings (SSSR count). The number of pyridine rings is 1. The highest BCUT2D eigenvalue weighted by Gasteiger charge is 2.03. The predicted molar refractivity (Wildman–Crippen MR) is 88.9 cm³/mol. The van der Waals surface area contributed by atoms with E-state index >= 15 is 0 Å². The summed E-state index contributed by atoms with van der Waals surface area (Å²) in [7, 11) is 4.06. The Hall–Kier alpha value is -2.14. The minimum Gasteiger partial charge on any atom is -0.388 e. The van der Waals surface area contributed by atoms with Gasteiger partial charge in [0, 0.05) is 25.5 Å². The van der Waals surface area contributed by atoms with Gasteiger partial charge in [-0.25, -0.2) is 0 Å². The van der Waals surface area contributed by atoms with E-state index in [0.717, 1.165) is 11.4 Å². The highest BCUT2D eigenvalue weighted by atomic mass is 32.1. The number of rotatable bonds is 4. The molecule has 104 valence electrons. The van der Waals surface area contributed by atoms with Crippen molar-refractivity contribution in [2.75, 3.05) is 24.3 Å². The van der Waals surface area contributed by atoms with Gasteiger partial charge in [-0.05, 0) is 36.8 Å². The number of nitrogens with two attached hydrogens (primary N) is 1. The number of hydrogen-bond acceptors (Lipinski definition) is 4. The number of aryl methyl sites for hydroxylation is 1. The summed E-state index contributed by atoms with van der Waals surface area (Å²) < 4.78 is 0. The molecule has 0 aliphatic heterocycles. The molecule has 0 radical (unpaired) electrons. The van der Waals surface area contributed by atoms with Gasteiger partial charge < -0.3 is 16.0 Å². The summed E-state index contributed by atoms with van der Waals surface area (Å²) >= 11 is 4.88. The maximum atomic E-state index is 5.53. The van der Waals surface area contributed by atoms with Gasteiger partial charge in [0.1, 0.15) is 4.99 Å². The van der Waals surface area contributed by atoms with E-state index in [1.807, 2.05) is 32.3 Å². The molecule has 2 aromatic rings. The molecule has 0 atom stereocenters. The molecule has 3 N–H and O–H groups in total. The Balaban J connectivity index is 2.21.